The second-order valence-corrected chi connectivity index (χ2v) is 39.5. The first-order valence-electron chi connectivity index (χ1n) is 30.4. The number of hydrogen-bond donors (Lipinski definition) is 0. The topological polar surface area (TPSA) is 146 Å². The highest BCUT2D eigenvalue weighted by atomic mass is 32.2. The predicted octanol–water partition coefficient (Wildman–Crippen LogP) is 13.0. The van der Waals surface area contributed by atoms with E-state index in [1.807, 2.05) is 99.3 Å². The van der Waals surface area contributed by atoms with Gasteiger partial charge in [0.05, 0.1) is 44.0 Å². The van der Waals surface area contributed by atoms with E-state index in [1.165, 1.54) is 43.2 Å². The van der Waals surface area contributed by atoms with Crippen LogP contribution in [0.1, 0.15) is 176 Å². The molecule has 3 atom stereocenters. The Hall–Kier alpha value is -3.72. The molecule has 4 fully saturated rings. The first-order chi connectivity index (χ1) is 39.8. The number of halogens is 3. The summed E-state index contributed by atoms with van der Waals surface area (Å²) in [5, 5.41) is 1.75. The number of ketones is 3. The number of amides is 1. The number of Topliss-reactive ketones (excluding diaryl/α,β-unsaturated/α-hetero) is 3. The summed E-state index contributed by atoms with van der Waals surface area (Å²) < 4.78 is 89.0. The van der Waals surface area contributed by atoms with Crippen LogP contribution in [0.25, 0.3) is 10.8 Å². The number of benzene rings is 4. The zero-order chi connectivity index (χ0) is 64.1. The molecule has 476 valence electrons. The van der Waals surface area contributed by atoms with E-state index in [0.29, 0.717) is 28.9 Å². The molecule has 0 bridgehead atoms. The highest BCUT2D eigenvalue weighted by Gasteiger charge is 2.55. The summed E-state index contributed by atoms with van der Waals surface area (Å²) in [7, 11) is -9.26. The van der Waals surface area contributed by atoms with Gasteiger partial charge in [-0.1, -0.05) is 172 Å². The molecule has 0 spiro atoms. The molecule has 86 heavy (non-hydrogen) atoms. The van der Waals surface area contributed by atoms with Crippen LogP contribution in [0.15, 0.2) is 84.9 Å². The number of alkyl halides is 3. The molecule has 1 aliphatic carbocycles. The van der Waals surface area contributed by atoms with Crippen molar-refractivity contribution in [3.8, 4) is 0 Å². The Kier molecular flexibility index (Phi) is 23.8. The van der Waals surface area contributed by atoms with Gasteiger partial charge in [-0.3, -0.25) is 19.2 Å². The first-order valence-corrected chi connectivity index (χ1v) is 38.1. The zero-order valence-electron chi connectivity index (χ0n) is 53.7. The van der Waals surface area contributed by atoms with Crippen LogP contribution in [-0.2, 0) is 57.5 Å². The maximum atomic E-state index is 13.8. The van der Waals surface area contributed by atoms with Gasteiger partial charge in [-0.2, -0.15) is 21.8 Å². The lowest BCUT2D eigenvalue weighted by atomic mass is 9.83. The number of fused-ring (bicyclic) bond motifs is 1. The van der Waals surface area contributed by atoms with Crippen LogP contribution in [-0.4, -0.2) is 153 Å². The average Bonchev–Trinajstić information content (AvgIpc) is 1.75. The van der Waals surface area contributed by atoms with Gasteiger partial charge in [0.2, 0.25) is 33.3 Å². The van der Waals surface area contributed by atoms with E-state index in [0.717, 1.165) is 63.6 Å². The SMILES string of the molecule is CC(=O)N1CC[S+](C(C(=O)c2ccc(C)c3ccccc23)C(C)(C)C)CC1.CC(C)(C)C(C(=O)c1ccc(C2CCCCC2)cc1)[S+]1CCN(S(=O)(=O)C(F)(F)F)CC1.Cc1ccc(C(=O)C([S+]2CCN(S(=O)(=O)C(C)(C)C)CC2)C(C)(C)C)cc1. The van der Waals surface area contributed by atoms with Crippen LogP contribution in [0, 0.1) is 30.1 Å². The number of aryl methyl sites for hydroxylation is 2. The Morgan fingerprint density at radius 1 is 0.488 bits per heavy atom. The first kappa shape index (κ1) is 71.4. The Bertz CT molecular complexity index is 3210. The molecule has 1 amide bonds. The molecule has 0 radical (unpaired) electrons. The van der Waals surface area contributed by atoms with Crippen molar-refractivity contribution >= 4 is 86.8 Å². The molecule has 3 saturated heterocycles. The van der Waals surface area contributed by atoms with Crippen molar-refractivity contribution in [1.82, 2.24) is 13.5 Å². The zero-order valence-corrected chi connectivity index (χ0v) is 57.8. The highest BCUT2D eigenvalue weighted by Crippen LogP contribution is 2.39. The number of nitrogens with zero attached hydrogens (tertiary/aromatic N) is 3. The van der Waals surface area contributed by atoms with Gasteiger partial charge in [-0.05, 0) is 75.3 Å². The summed E-state index contributed by atoms with van der Waals surface area (Å²) >= 11 is 0. The Morgan fingerprint density at radius 3 is 1.27 bits per heavy atom. The summed E-state index contributed by atoms with van der Waals surface area (Å²) in [5.41, 5.74) is -0.0934. The van der Waals surface area contributed by atoms with Crippen molar-refractivity contribution in [2.45, 2.75) is 168 Å². The van der Waals surface area contributed by atoms with E-state index in [2.05, 4.69) is 66.7 Å². The largest absolute Gasteiger partial charge is 0.511 e. The van der Waals surface area contributed by atoms with E-state index in [-0.39, 0.29) is 102 Å². The minimum atomic E-state index is -5.32. The van der Waals surface area contributed by atoms with Gasteiger partial charge >= 0.3 is 15.5 Å². The summed E-state index contributed by atoms with van der Waals surface area (Å²) in [6, 6.07) is 27.9. The smallest absolute Gasteiger partial charge is 0.334 e. The lowest BCUT2D eigenvalue weighted by Gasteiger charge is -2.36. The van der Waals surface area contributed by atoms with Crippen molar-refractivity contribution < 1.29 is 49.2 Å². The quantitative estimate of drug-likeness (QED) is 0.101. The molecule has 3 aliphatic heterocycles. The summed E-state index contributed by atoms with van der Waals surface area (Å²) in [6.45, 7) is 31.9. The molecule has 3 unspecified atom stereocenters. The normalized spacial score (nSPS) is 19.3. The van der Waals surface area contributed by atoms with Crippen molar-refractivity contribution in [1.29, 1.82) is 0 Å². The highest BCUT2D eigenvalue weighted by molar-refractivity contribution is 7.99. The standard InChI is InChI=1S/C23H33F3NO3S2.C23H30NO2S.C21H34NO3S2/c1-22(2,3)21(31-15-13-27(14-16-31)32(29,30)23(24,25)26)20(28)19-11-9-18(10-12-19)17-7-5-4-6-8-17;1-16-10-11-20(19-9-7-6-8-18(16)19)21(26)22(23(3,4)5)27-14-12-24(13-15-27)17(2)25;1-16-8-10-17(11-9-16)18(23)19(20(2,3)4)26-14-12-22(13-15-26)27(24,25)21(5,6)7/h9-12,17,21H,4-8,13-16H2,1-3H3;6-11,22H,12-15H2,1-5H3;8-11,19H,12-15H2,1-7H3/q3*+1. The lowest BCUT2D eigenvalue weighted by Crippen LogP contribution is -2.54. The fourth-order valence-corrected chi connectivity index (χ4v) is 24.2. The van der Waals surface area contributed by atoms with Crippen molar-refractivity contribution in [2.24, 2.45) is 16.2 Å². The molecule has 19 heteroatoms. The maximum Gasteiger partial charge on any atom is 0.511 e. The van der Waals surface area contributed by atoms with Gasteiger partial charge in [-0.25, -0.2) is 16.8 Å². The number of sulfonamides is 2. The van der Waals surface area contributed by atoms with Crippen molar-refractivity contribution in [2.75, 3.05) is 73.8 Å². The van der Waals surface area contributed by atoms with Crippen LogP contribution in [0.3, 0.4) is 0 Å². The van der Waals surface area contributed by atoms with Crippen molar-refractivity contribution in [3.05, 3.63) is 118 Å². The molecule has 3 heterocycles. The maximum absolute atomic E-state index is 13.8. The van der Waals surface area contributed by atoms with E-state index in [9.17, 15) is 49.2 Å². The molecule has 0 aromatic heterocycles. The molecule has 0 N–H and O–H groups in total. The van der Waals surface area contributed by atoms with Crippen LogP contribution >= 0.6 is 0 Å². The molecule has 4 aromatic carbocycles. The number of hydrogen-bond acceptors (Lipinski definition) is 8. The van der Waals surface area contributed by atoms with Crippen molar-refractivity contribution in [3.63, 3.8) is 0 Å². The van der Waals surface area contributed by atoms with Gasteiger partial charge in [0.1, 0.15) is 34.5 Å². The molecule has 11 nitrogen and oxygen atoms in total. The van der Waals surface area contributed by atoms with Gasteiger partial charge in [-0.15, -0.1) is 0 Å². The third kappa shape index (κ3) is 17.4. The summed E-state index contributed by atoms with van der Waals surface area (Å²) in [5.74, 6) is 5.05. The Balaban J connectivity index is 0.000000207. The van der Waals surface area contributed by atoms with Crippen LogP contribution in [0.4, 0.5) is 13.2 Å². The second-order valence-electron chi connectivity index (χ2n) is 27.8. The lowest BCUT2D eigenvalue weighted by molar-refractivity contribution is -0.128. The summed E-state index contributed by atoms with van der Waals surface area (Å²) in [6.07, 6.45) is 6.12. The molecule has 4 aliphatic rings. The molecule has 8 rings (SSSR count). The third-order valence-corrected chi connectivity index (χ3v) is 30.2. The second kappa shape index (κ2) is 28.6. The average molecular weight is 1290 g/mol. The number of rotatable bonds is 12. The molecular weight excluding hydrogens is 1190 g/mol. The minimum absolute atomic E-state index is 0.00292. The fourth-order valence-electron chi connectivity index (χ4n) is 12.3. The van der Waals surface area contributed by atoms with E-state index < -0.39 is 41.2 Å². The van der Waals surface area contributed by atoms with Gasteiger partial charge < -0.3 is 4.90 Å². The van der Waals surface area contributed by atoms with Crippen LogP contribution in [0.5, 0.6) is 0 Å². The number of carbonyl (C=O) groups excluding carboxylic acids is 4. The monoisotopic (exact) mass is 1290 g/mol. The van der Waals surface area contributed by atoms with Crippen LogP contribution < -0.4 is 0 Å². The molecule has 1 saturated carbocycles. The molecule has 4 aromatic rings. The fraction of sp³-hybridized carbons (Fsp3) is 0.612. The van der Waals surface area contributed by atoms with Gasteiger partial charge in [0, 0.05) is 72.5 Å². The van der Waals surface area contributed by atoms with Gasteiger partial charge in [0.15, 0.2) is 15.7 Å². The summed E-state index contributed by atoms with van der Waals surface area (Å²) in [4.78, 5) is 54.2. The number of carbonyl (C=O) groups is 4. The molecular formula is C67H97F3N3O8S5+3. The van der Waals surface area contributed by atoms with E-state index >= 15 is 0 Å². The Morgan fingerprint density at radius 2 is 0.872 bits per heavy atom. The van der Waals surface area contributed by atoms with Gasteiger partial charge in [0.25, 0.3) is 0 Å². The van der Waals surface area contributed by atoms with Crippen LogP contribution in [0.2, 0.25) is 0 Å². The predicted molar refractivity (Wildman–Crippen MR) is 355 cm³/mol. The van der Waals surface area contributed by atoms with E-state index in [1.54, 1.807) is 32.0 Å². The third-order valence-electron chi connectivity index (χ3n) is 16.9. The Labute approximate surface area is 522 Å². The minimum Gasteiger partial charge on any atom is -0.334 e. The van der Waals surface area contributed by atoms with E-state index in [4.69, 9.17) is 0 Å².